The van der Waals surface area contributed by atoms with Gasteiger partial charge in [0.15, 0.2) is 5.96 Å². The van der Waals surface area contributed by atoms with E-state index in [1.165, 1.54) is 12.1 Å². The summed E-state index contributed by atoms with van der Waals surface area (Å²) in [6, 6.07) is 12.2. The van der Waals surface area contributed by atoms with Gasteiger partial charge in [0.1, 0.15) is 11.5 Å². The van der Waals surface area contributed by atoms with Crippen molar-refractivity contribution in [2.24, 2.45) is 4.99 Å². The number of carbonyl (C=O) groups excluding carboxylic acids is 1. The van der Waals surface area contributed by atoms with E-state index in [-0.39, 0.29) is 11.7 Å². The molecule has 0 atom stereocenters. The highest BCUT2D eigenvalue weighted by molar-refractivity contribution is 5.94. The minimum Gasteiger partial charge on any atom is -0.508 e. The van der Waals surface area contributed by atoms with Gasteiger partial charge in [-0.05, 0) is 49.7 Å². The van der Waals surface area contributed by atoms with Gasteiger partial charge in [-0.3, -0.25) is 4.79 Å². The third-order valence-electron chi connectivity index (χ3n) is 4.03. The number of benzene rings is 2. The van der Waals surface area contributed by atoms with Crippen LogP contribution in [0.2, 0.25) is 0 Å². The molecule has 7 nitrogen and oxygen atoms in total. The molecule has 0 unspecified atom stereocenters. The molecule has 0 aliphatic heterocycles. The fourth-order valence-corrected chi connectivity index (χ4v) is 2.56. The quantitative estimate of drug-likeness (QED) is 0.318. The Morgan fingerprint density at radius 3 is 2.46 bits per heavy atom. The number of methoxy groups -OCH3 is 1. The summed E-state index contributed by atoms with van der Waals surface area (Å²) < 4.78 is 5.42. The Kier molecular flexibility index (Phi) is 8.14. The number of aliphatic imine (C=N–C) groups is 1. The zero-order valence-electron chi connectivity index (χ0n) is 16.6. The molecule has 0 spiro atoms. The Morgan fingerprint density at radius 1 is 1.07 bits per heavy atom. The highest BCUT2D eigenvalue weighted by Crippen LogP contribution is 2.20. The first-order valence-corrected chi connectivity index (χ1v) is 9.26. The second kappa shape index (κ2) is 10.8. The van der Waals surface area contributed by atoms with E-state index >= 15 is 0 Å². The average molecular weight is 384 g/mol. The molecular weight excluding hydrogens is 356 g/mol. The van der Waals surface area contributed by atoms with E-state index in [1.54, 1.807) is 19.2 Å². The fourth-order valence-electron chi connectivity index (χ4n) is 2.56. The summed E-state index contributed by atoms with van der Waals surface area (Å²) in [5.41, 5.74) is 2.65. The van der Waals surface area contributed by atoms with Gasteiger partial charge in [-0.1, -0.05) is 12.1 Å². The molecular formula is C21H28N4O3. The van der Waals surface area contributed by atoms with Crippen LogP contribution in [-0.4, -0.2) is 43.7 Å². The fraction of sp³-hybridized carbons (Fsp3) is 0.333. The maximum Gasteiger partial charge on any atom is 0.251 e. The maximum atomic E-state index is 12.1. The number of hydrogen-bond acceptors (Lipinski definition) is 4. The number of phenols is 1. The molecule has 0 aliphatic carbocycles. The van der Waals surface area contributed by atoms with Crippen LogP contribution in [0.15, 0.2) is 47.5 Å². The number of carbonyl (C=O) groups is 1. The van der Waals surface area contributed by atoms with Crippen LogP contribution >= 0.6 is 0 Å². The molecule has 150 valence electrons. The van der Waals surface area contributed by atoms with Crippen LogP contribution < -0.4 is 20.7 Å². The Bertz CT molecular complexity index is 804. The zero-order chi connectivity index (χ0) is 20.4. The Labute approximate surface area is 165 Å². The summed E-state index contributed by atoms with van der Waals surface area (Å²) in [4.78, 5) is 16.6. The number of amides is 1. The lowest BCUT2D eigenvalue weighted by atomic mass is 10.1. The lowest BCUT2D eigenvalue weighted by Crippen LogP contribution is -2.41. The molecule has 0 saturated carbocycles. The van der Waals surface area contributed by atoms with Gasteiger partial charge in [0.25, 0.3) is 5.91 Å². The van der Waals surface area contributed by atoms with Crippen molar-refractivity contribution in [3.05, 3.63) is 59.2 Å². The van der Waals surface area contributed by atoms with E-state index in [0.717, 1.165) is 23.4 Å². The largest absolute Gasteiger partial charge is 0.508 e. The van der Waals surface area contributed by atoms with E-state index in [4.69, 9.17) is 4.74 Å². The van der Waals surface area contributed by atoms with Crippen molar-refractivity contribution in [1.82, 2.24) is 16.0 Å². The number of ether oxygens (including phenoxy) is 1. The molecule has 1 amide bonds. The average Bonchev–Trinajstić information content (AvgIpc) is 2.70. The van der Waals surface area contributed by atoms with E-state index in [1.807, 2.05) is 32.0 Å². The summed E-state index contributed by atoms with van der Waals surface area (Å²) in [6.45, 7) is 6.21. The molecule has 7 heteroatoms. The topological polar surface area (TPSA) is 95.0 Å². The zero-order valence-corrected chi connectivity index (χ0v) is 16.6. The smallest absolute Gasteiger partial charge is 0.251 e. The highest BCUT2D eigenvalue weighted by Gasteiger charge is 2.06. The summed E-state index contributed by atoms with van der Waals surface area (Å²) in [7, 11) is 1.65. The molecule has 2 aromatic rings. The summed E-state index contributed by atoms with van der Waals surface area (Å²) in [5.74, 6) is 1.44. The number of rotatable bonds is 8. The second-order valence-electron chi connectivity index (χ2n) is 6.24. The summed E-state index contributed by atoms with van der Waals surface area (Å²) in [6.07, 6.45) is 0. The molecule has 0 fully saturated rings. The van der Waals surface area contributed by atoms with Crippen molar-refractivity contribution < 1.29 is 14.6 Å². The first kappa shape index (κ1) is 21.1. The molecule has 2 aromatic carbocycles. The van der Waals surface area contributed by atoms with Crippen LogP contribution in [0.1, 0.15) is 28.4 Å². The van der Waals surface area contributed by atoms with Crippen molar-refractivity contribution >= 4 is 11.9 Å². The SMILES string of the molecule is CCNC(=NCc1ccc(C)cc1OC)NCCNC(=O)c1ccc(O)cc1. The van der Waals surface area contributed by atoms with Gasteiger partial charge in [-0.25, -0.2) is 4.99 Å². The minimum absolute atomic E-state index is 0.134. The first-order valence-electron chi connectivity index (χ1n) is 9.26. The van der Waals surface area contributed by atoms with Crippen molar-refractivity contribution in [1.29, 1.82) is 0 Å². The molecule has 0 aliphatic rings. The number of hydrogen-bond donors (Lipinski definition) is 4. The summed E-state index contributed by atoms with van der Waals surface area (Å²) >= 11 is 0. The van der Waals surface area contributed by atoms with E-state index in [2.05, 4.69) is 20.9 Å². The van der Waals surface area contributed by atoms with E-state index in [9.17, 15) is 9.90 Å². The Hall–Kier alpha value is -3.22. The number of aromatic hydroxyl groups is 1. The number of aryl methyl sites for hydroxylation is 1. The van der Waals surface area contributed by atoms with Gasteiger partial charge >= 0.3 is 0 Å². The second-order valence-corrected chi connectivity index (χ2v) is 6.24. The predicted molar refractivity (Wildman–Crippen MR) is 111 cm³/mol. The van der Waals surface area contributed by atoms with Crippen LogP contribution in [0.3, 0.4) is 0 Å². The Morgan fingerprint density at radius 2 is 1.79 bits per heavy atom. The van der Waals surface area contributed by atoms with Gasteiger partial charge in [0.05, 0.1) is 13.7 Å². The third-order valence-corrected chi connectivity index (χ3v) is 4.03. The maximum absolute atomic E-state index is 12.1. The van der Waals surface area contributed by atoms with Crippen LogP contribution in [0.4, 0.5) is 0 Å². The standard InChI is InChI=1S/C21H28N4O3/c1-4-22-21(25-14-17-6-5-15(2)13-19(17)28-3)24-12-11-23-20(27)16-7-9-18(26)10-8-16/h5-10,13,26H,4,11-12,14H2,1-3H3,(H,23,27)(H2,22,24,25). The first-order chi connectivity index (χ1) is 13.5. The van der Waals surface area contributed by atoms with Crippen molar-refractivity contribution in [3.63, 3.8) is 0 Å². The van der Waals surface area contributed by atoms with Gasteiger partial charge in [-0.2, -0.15) is 0 Å². The van der Waals surface area contributed by atoms with Gasteiger partial charge in [-0.15, -0.1) is 0 Å². The van der Waals surface area contributed by atoms with Crippen LogP contribution in [0.5, 0.6) is 11.5 Å². The van der Waals surface area contributed by atoms with Crippen molar-refractivity contribution in [2.45, 2.75) is 20.4 Å². The molecule has 0 aromatic heterocycles. The van der Waals surface area contributed by atoms with E-state index < -0.39 is 0 Å². The number of nitrogens with zero attached hydrogens (tertiary/aromatic N) is 1. The molecule has 0 bridgehead atoms. The monoisotopic (exact) mass is 384 g/mol. The molecule has 4 N–H and O–H groups in total. The van der Waals surface area contributed by atoms with Gasteiger partial charge in [0.2, 0.25) is 0 Å². The van der Waals surface area contributed by atoms with Crippen LogP contribution in [0.25, 0.3) is 0 Å². The van der Waals surface area contributed by atoms with Crippen molar-refractivity contribution in [2.75, 3.05) is 26.7 Å². The number of nitrogens with one attached hydrogen (secondary N) is 3. The number of phenolic OH excluding ortho intramolecular Hbond substituents is 1. The van der Waals surface area contributed by atoms with Gasteiger partial charge < -0.3 is 25.8 Å². The van der Waals surface area contributed by atoms with Crippen molar-refractivity contribution in [3.8, 4) is 11.5 Å². The lowest BCUT2D eigenvalue weighted by Gasteiger charge is -2.13. The molecule has 28 heavy (non-hydrogen) atoms. The van der Waals surface area contributed by atoms with E-state index in [0.29, 0.717) is 31.2 Å². The minimum atomic E-state index is -0.187. The molecule has 2 rings (SSSR count). The molecule has 0 heterocycles. The van der Waals surface area contributed by atoms with Crippen LogP contribution in [0, 0.1) is 6.92 Å². The Balaban J connectivity index is 1.86. The lowest BCUT2D eigenvalue weighted by molar-refractivity contribution is 0.0954. The highest BCUT2D eigenvalue weighted by atomic mass is 16.5. The molecule has 0 saturated heterocycles. The number of guanidine groups is 1. The third kappa shape index (κ3) is 6.50. The predicted octanol–water partition coefficient (Wildman–Crippen LogP) is 2.19. The van der Waals surface area contributed by atoms with Crippen LogP contribution in [-0.2, 0) is 6.54 Å². The summed E-state index contributed by atoms with van der Waals surface area (Å²) in [5, 5.41) is 18.5. The molecule has 0 radical (unpaired) electrons. The van der Waals surface area contributed by atoms with Gasteiger partial charge in [0, 0.05) is 30.8 Å². The normalized spacial score (nSPS) is 11.0.